The van der Waals surface area contributed by atoms with Gasteiger partial charge >= 0.3 is 5.97 Å². The lowest BCUT2D eigenvalue weighted by atomic mass is 9.58. The minimum Gasteiger partial charge on any atom is -0.459 e. The molecule has 0 aromatic rings. The smallest absolute Gasteiger partial charge is 0.312 e. The lowest BCUT2D eigenvalue weighted by Crippen LogP contribution is -2.48. The predicted octanol–water partition coefficient (Wildman–Crippen LogP) is 5.61. The summed E-state index contributed by atoms with van der Waals surface area (Å²) in [6.45, 7) is 19.8. The van der Waals surface area contributed by atoms with Crippen LogP contribution in [0.15, 0.2) is 0 Å². The van der Waals surface area contributed by atoms with E-state index < -0.39 is 11.0 Å². The molecule has 0 N–H and O–H groups in total. The number of hydrogen-bond acceptors (Lipinski definition) is 3. The minimum absolute atomic E-state index is 0.0769. The average Bonchev–Trinajstić information content (AvgIpc) is 2.43. The molecule has 0 bridgehead atoms. The number of esters is 1. The molecule has 0 amide bonds. The van der Waals surface area contributed by atoms with Crippen LogP contribution in [0.1, 0.15) is 88.0 Å². The fourth-order valence-corrected chi connectivity index (χ4v) is 2.82. The summed E-state index contributed by atoms with van der Waals surface area (Å²) < 4.78 is 11.1. The Labute approximate surface area is 144 Å². The lowest BCUT2D eigenvalue weighted by Gasteiger charge is -2.47. The molecule has 0 saturated carbocycles. The molecule has 3 heteroatoms. The topological polar surface area (TPSA) is 35.5 Å². The van der Waals surface area contributed by atoms with Gasteiger partial charge in [-0.1, -0.05) is 48.0 Å². The Morgan fingerprint density at radius 3 is 1.83 bits per heavy atom. The Hall–Kier alpha value is -0.570. The van der Waals surface area contributed by atoms with E-state index in [1.807, 2.05) is 13.8 Å². The Morgan fingerprint density at radius 2 is 1.43 bits per heavy atom. The van der Waals surface area contributed by atoms with Crippen LogP contribution in [0.2, 0.25) is 0 Å². The molecule has 0 saturated heterocycles. The van der Waals surface area contributed by atoms with Gasteiger partial charge in [-0.3, -0.25) is 4.79 Å². The first-order chi connectivity index (χ1) is 10.3. The third kappa shape index (κ3) is 6.10. The molecule has 0 rings (SSSR count). The Bertz CT molecular complexity index is 382. The zero-order chi connectivity index (χ0) is 18.5. The number of rotatable bonds is 10. The van der Waals surface area contributed by atoms with Crippen molar-refractivity contribution in [1.82, 2.24) is 0 Å². The number of methoxy groups -OCH3 is 1. The zero-order valence-electron chi connectivity index (χ0n) is 17.3. The van der Waals surface area contributed by atoms with Gasteiger partial charge in [-0.25, -0.2) is 0 Å². The standard InChI is InChI=1S/C20H40O3/c1-11-17(3,4)15-20(9,18(5,6)12-2)16(21)23-19(7,8)13-14-22-10/h11-15H2,1-10H3. The van der Waals surface area contributed by atoms with Gasteiger partial charge in [0.1, 0.15) is 5.60 Å². The molecular weight excluding hydrogens is 288 g/mol. The van der Waals surface area contributed by atoms with Crippen molar-refractivity contribution in [3.63, 3.8) is 0 Å². The maximum absolute atomic E-state index is 13.2. The molecule has 0 aliphatic rings. The van der Waals surface area contributed by atoms with Crippen LogP contribution in [0.25, 0.3) is 0 Å². The van der Waals surface area contributed by atoms with Crippen molar-refractivity contribution in [3.05, 3.63) is 0 Å². The molecule has 0 heterocycles. The second-order valence-electron chi connectivity index (χ2n) is 9.16. The van der Waals surface area contributed by atoms with Crippen LogP contribution in [0, 0.1) is 16.2 Å². The van der Waals surface area contributed by atoms with E-state index in [0.717, 1.165) is 19.3 Å². The van der Waals surface area contributed by atoms with Gasteiger partial charge in [-0.05, 0) is 44.4 Å². The summed E-state index contributed by atoms with van der Waals surface area (Å²) in [7, 11) is 1.67. The predicted molar refractivity (Wildman–Crippen MR) is 97.5 cm³/mol. The van der Waals surface area contributed by atoms with Crippen LogP contribution in [-0.4, -0.2) is 25.3 Å². The largest absolute Gasteiger partial charge is 0.459 e. The lowest BCUT2D eigenvalue weighted by molar-refractivity contribution is -0.180. The monoisotopic (exact) mass is 328 g/mol. The van der Waals surface area contributed by atoms with E-state index in [9.17, 15) is 4.79 Å². The van der Waals surface area contributed by atoms with E-state index >= 15 is 0 Å². The van der Waals surface area contributed by atoms with E-state index in [0.29, 0.717) is 13.0 Å². The van der Waals surface area contributed by atoms with Crippen LogP contribution >= 0.6 is 0 Å². The fourth-order valence-electron chi connectivity index (χ4n) is 2.82. The van der Waals surface area contributed by atoms with Crippen molar-refractivity contribution in [2.75, 3.05) is 13.7 Å². The number of carbonyl (C=O) groups excluding carboxylic acids is 1. The van der Waals surface area contributed by atoms with Crippen LogP contribution < -0.4 is 0 Å². The highest BCUT2D eigenvalue weighted by molar-refractivity contribution is 5.78. The van der Waals surface area contributed by atoms with Crippen molar-refractivity contribution < 1.29 is 14.3 Å². The highest BCUT2D eigenvalue weighted by Gasteiger charge is 2.50. The van der Waals surface area contributed by atoms with Gasteiger partial charge in [0.15, 0.2) is 0 Å². The van der Waals surface area contributed by atoms with Crippen LogP contribution in [0.5, 0.6) is 0 Å². The summed E-state index contributed by atoms with van der Waals surface area (Å²) in [5.41, 5.74) is -1.02. The first-order valence-corrected chi connectivity index (χ1v) is 8.99. The molecule has 3 nitrogen and oxygen atoms in total. The molecular formula is C20H40O3. The van der Waals surface area contributed by atoms with Crippen LogP contribution in [0.4, 0.5) is 0 Å². The molecule has 138 valence electrons. The second-order valence-corrected chi connectivity index (χ2v) is 9.16. The summed E-state index contributed by atoms with van der Waals surface area (Å²) in [5.74, 6) is -0.0769. The molecule has 0 radical (unpaired) electrons. The minimum atomic E-state index is -0.508. The molecule has 1 unspecified atom stereocenters. The summed E-state index contributed by atoms with van der Waals surface area (Å²) in [5, 5.41) is 0. The second kappa shape index (κ2) is 8.00. The summed E-state index contributed by atoms with van der Waals surface area (Å²) in [4.78, 5) is 13.2. The van der Waals surface area contributed by atoms with Crippen molar-refractivity contribution >= 4 is 5.97 Å². The maximum Gasteiger partial charge on any atom is 0.312 e. The van der Waals surface area contributed by atoms with Gasteiger partial charge in [0, 0.05) is 20.1 Å². The summed E-state index contributed by atoms with van der Waals surface area (Å²) in [6.07, 6.45) is 3.52. The van der Waals surface area contributed by atoms with Crippen molar-refractivity contribution in [1.29, 1.82) is 0 Å². The number of carbonyl (C=O) groups is 1. The molecule has 0 fully saturated rings. The molecule has 1 atom stereocenters. The fraction of sp³-hybridized carbons (Fsp3) is 0.950. The highest BCUT2D eigenvalue weighted by Crippen LogP contribution is 2.50. The van der Waals surface area contributed by atoms with Crippen molar-refractivity contribution in [2.45, 2.75) is 93.6 Å². The average molecular weight is 329 g/mol. The first-order valence-electron chi connectivity index (χ1n) is 8.99. The molecule has 0 aromatic carbocycles. The molecule has 0 aromatic heterocycles. The third-order valence-electron chi connectivity index (χ3n) is 5.89. The highest BCUT2D eigenvalue weighted by atomic mass is 16.6. The molecule has 0 aliphatic carbocycles. The van der Waals surface area contributed by atoms with Gasteiger partial charge in [-0.2, -0.15) is 0 Å². The maximum atomic E-state index is 13.2. The van der Waals surface area contributed by atoms with Gasteiger partial charge in [0.25, 0.3) is 0 Å². The Balaban J connectivity index is 5.49. The van der Waals surface area contributed by atoms with E-state index in [1.54, 1.807) is 7.11 Å². The van der Waals surface area contributed by atoms with Crippen LogP contribution in [-0.2, 0) is 14.3 Å². The van der Waals surface area contributed by atoms with E-state index in [1.165, 1.54) is 0 Å². The molecule has 0 aliphatic heterocycles. The normalized spacial score (nSPS) is 16.1. The molecule has 0 spiro atoms. The van der Waals surface area contributed by atoms with Gasteiger partial charge < -0.3 is 9.47 Å². The summed E-state index contributed by atoms with van der Waals surface area (Å²) in [6, 6.07) is 0. The number of hydrogen-bond donors (Lipinski definition) is 0. The first kappa shape index (κ1) is 22.4. The SMILES string of the molecule is CCC(C)(C)CC(C)(C(=O)OC(C)(C)CCOC)C(C)(C)CC. The van der Waals surface area contributed by atoms with Crippen molar-refractivity contribution in [2.24, 2.45) is 16.2 Å². The number of ether oxygens (including phenoxy) is 2. The van der Waals surface area contributed by atoms with E-state index in [4.69, 9.17) is 9.47 Å². The molecule has 23 heavy (non-hydrogen) atoms. The quantitative estimate of drug-likeness (QED) is 0.489. The van der Waals surface area contributed by atoms with Gasteiger partial charge in [0.05, 0.1) is 5.41 Å². The van der Waals surface area contributed by atoms with Crippen molar-refractivity contribution in [3.8, 4) is 0 Å². The zero-order valence-corrected chi connectivity index (χ0v) is 17.3. The summed E-state index contributed by atoms with van der Waals surface area (Å²) >= 11 is 0. The van der Waals surface area contributed by atoms with Crippen LogP contribution in [0.3, 0.4) is 0 Å². The Morgan fingerprint density at radius 1 is 0.913 bits per heavy atom. The van der Waals surface area contributed by atoms with E-state index in [2.05, 4.69) is 48.5 Å². The van der Waals surface area contributed by atoms with Gasteiger partial charge in [-0.15, -0.1) is 0 Å². The van der Waals surface area contributed by atoms with Gasteiger partial charge in [0.2, 0.25) is 0 Å². The third-order valence-corrected chi connectivity index (χ3v) is 5.89. The Kier molecular flexibility index (Phi) is 7.81. The van der Waals surface area contributed by atoms with E-state index in [-0.39, 0.29) is 16.8 Å².